The minimum atomic E-state index is -0.476. The second-order valence-corrected chi connectivity index (χ2v) is 2.73. The summed E-state index contributed by atoms with van der Waals surface area (Å²) in [6.45, 7) is 3.89. The minimum absolute atomic E-state index is 0.0115. The van der Waals surface area contributed by atoms with Gasteiger partial charge < -0.3 is 10.8 Å². The maximum absolute atomic E-state index is 9.09. The lowest BCUT2D eigenvalue weighted by Crippen LogP contribution is -2.42. The lowest BCUT2D eigenvalue weighted by Gasteiger charge is -2.24. The van der Waals surface area contributed by atoms with Gasteiger partial charge in [0, 0.05) is 0 Å². The number of aliphatic hydroxyl groups excluding tert-OH is 1. The molecule has 0 aliphatic heterocycles. The molecule has 0 heterocycles. The summed E-state index contributed by atoms with van der Waals surface area (Å²) in [5.41, 5.74) is 7.15. The maximum Gasteiger partial charge on any atom is 0.203 e. The van der Waals surface area contributed by atoms with Crippen molar-refractivity contribution in [2.24, 2.45) is 16.6 Å². The van der Waals surface area contributed by atoms with Crippen molar-refractivity contribution in [1.82, 2.24) is 5.43 Å². The van der Waals surface area contributed by atoms with Crippen molar-refractivity contribution in [3.8, 4) is 0 Å². The van der Waals surface area contributed by atoms with E-state index in [4.69, 9.17) is 16.7 Å². The lowest BCUT2D eigenvalue weighted by atomic mass is 9.95. The zero-order chi connectivity index (χ0) is 9.61. The third-order valence-corrected chi connectivity index (χ3v) is 2.12. The molecule has 6 N–H and O–H groups in total. The molecule has 12 heavy (non-hydrogen) atoms. The fourth-order valence-corrected chi connectivity index (χ4v) is 0.955. The molecule has 0 aromatic carbocycles. The van der Waals surface area contributed by atoms with Crippen LogP contribution in [0.15, 0.2) is 4.99 Å². The number of guanidine groups is 1. The SMILES string of the molecule is CCC(CC)(CO)N=C(N)NN. The van der Waals surface area contributed by atoms with Gasteiger partial charge in [0.05, 0.1) is 12.1 Å². The van der Waals surface area contributed by atoms with E-state index in [-0.39, 0.29) is 12.6 Å². The summed E-state index contributed by atoms with van der Waals surface area (Å²) in [7, 11) is 0. The Kier molecular flexibility index (Phi) is 4.61. The fourth-order valence-electron chi connectivity index (χ4n) is 0.955. The largest absolute Gasteiger partial charge is 0.394 e. The molecule has 0 amide bonds. The zero-order valence-electron chi connectivity index (χ0n) is 7.67. The summed E-state index contributed by atoms with van der Waals surface area (Å²) in [6, 6.07) is 0. The van der Waals surface area contributed by atoms with Crippen LogP contribution in [-0.2, 0) is 0 Å². The lowest BCUT2D eigenvalue weighted by molar-refractivity contribution is 0.188. The number of aliphatic imine (C=N–C) groups is 1. The third kappa shape index (κ3) is 2.67. The molecule has 0 fully saturated rings. The summed E-state index contributed by atoms with van der Waals surface area (Å²) in [5, 5.41) is 9.09. The van der Waals surface area contributed by atoms with Gasteiger partial charge in [0.15, 0.2) is 0 Å². The Morgan fingerprint density at radius 3 is 2.25 bits per heavy atom. The summed E-state index contributed by atoms with van der Waals surface area (Å²) < 4.78 is 0. The van der Waals surface area contributed by atoms with Crippen molar-refractivity contribution in [3.63, 3.8) is 0 Å². The molecule has 0 bridgehead atoms. The van der Waals surface area contributed by atoms with Crippen molar-refractivity contribution in [1.29, 1.82) is 0 Å². The van der Waals surface area contributed by atoms with E-state index in [0.717, 1.165) is 12.8 Å². The van der Waals surface area contributed by atoms with Gasteiger partial charge in [-0.25, -0.2) is 10.8 Å². The van der Waals surface area contributed by atoms with Crippen LogP contribution < -0.4 is 17.0 Å². The standard InChI is InChI=1S/C7H18N4O/c1-3-7(4-2,5-12)10-6(8)11-9/h12H,3-5,9H2,1-2H3,(H3,8,10,11). The number of hydrazine groups is 1. The monoisotopic (exact) mass is 174 g/mol. The molecule has 0 atom stereocenters. The third-order valence-electron chi connectivity index (χ3n) is 2.12. The predicted octanol–water partition coefficient (Wildman–Crippen LogP) is -0.684. The van der Waals surface area contributed by atoms with Crippen LogP contribution in [0, 0.1) is 0 Å². The van der Waals surface area contributed by atoms with Gasteiger partial charge in [0.2, 0.25) is 5.96 Å². The van der Waals surface area contributed by atoms with Crippen LogP contribution >= 0.6 is 0 Å². The normalized spacial score (nSPS) is 13.2. The maximum atomic E-state index is 9.09. The van der Waals surface area contributed by atoms with Gasteiger partial charge in [-0.3, -0.25) is 5.43 Å². The number of rotatable bonds is 4. The first-order valence-electron chi connectivity index (χ1n) is 4.07. The zero-order valence-corrected chi connectivity index (χ0v) is 7.67. The number of hydrogen-bond acceptors (Lipinski definition) is 3. The molecule has 5 nitrogen and oxygen atoms in total. The van der Waals surface area contributed by atoms with Crippen LogP contribution in [0.1, 0.15) is 26.7 Å². The molecule has 0 rings (SSSR count). The number of nitrogens with zero attached hydrogens (tertiary/aromatic N) is 1. The van der Waals surface area contributed by atoms with E-state index in [1.807, 2.05) is 13.8 Å². The molecule has 0 spiro atoms. The van der Waals surface area contributed by atoms with E-state index < -0.39 is 5.54 Å². The van der Waals surface area contributed by atoms with Crippen LogP contribution in [0.25, 0.3) is 0 Å². The van der Waals surface area contributed by atoms with Crippen molar-refractivity contribution >= 4 is 5.96 Å². The molecule has 0 saturated heterocycles. The Morgan fingerprint density at radius 1 is 1.50 bits per heavy atom. The van der Waals surface area contributed by atoms with Crippen molar-refractivity contribution < 1.29 is 5.11 Å². The molecule has 0 aromatic rings. The minimum Gasteiger partial charge on any atom is -0.394 e. The highest BCUT2D eigenvalue weighted by molar-refractivity contribution is 5.77. The first-order valence-corrected chi connectivity index (χ1v) is 4.07. The van der Waals surface area contributed by atoms with Crippen LogP contribution in [-0.4, -0.2) is 23.2 Å². The van der Waals surface area contributed by atoms with Crippen LogP contribution in [0.5, 0.6) is 0 Å². The Morgan fingerprint density at radius 2 is 2.00 bits per heavy atom. The number of nitrogens with one attached hydrogen (secondary N) is 1. The molecule has 0 saturated carbocycles. The second-order valence-electron chi connectivity index (χ2n) is 2.73. The molecule has 0 aliphatic carbocycles. The summed E-state index contributed by atoms with van der Waals surface area (Å²) in [6.07, 6.45) is 1.48. The van der Waals surface area contributed by atoms with Crippen LogP contribution in [0.2, 0.25) is 0 Å². The molecular weight excluding hydrogens is 156 g/mol. The van der Waals surface area contributed by atoms with E-state index in [9.17, 15) is 0 Å². The Balaban J connectivity index is 4.49. The number of hydrogen-bond donors (Lipinski definition) is 4. The van der Waals surface area contributed by atoms with Gasteiger partial charge in [-0.05, 0) is 12.8 Å². The second kappa shape index (κ2) is 4.95. The molecule has 0 aliphatic rings. The highest BCUT2D eigenvalue weighted by Crippen LogP contribution is 2.18. The van der Waals surface area contributed by atoms with Crippen LogP contribution in [0.4, 0.5) is 0 Å². The van der Waals surface area contributed by atoms with Gasteiger partial charge in [0.1, 0.15) is 0 Å². The molecule has 0 unspecified atom stereocenters. The van der Waals surface area contributed by atoms with Gasteiger partial charge in [-0.2, -0.15) is 0 Å². The highest BCUT2D eigenvalue weighted by atomic mass is 16.3. The molecule has 0 aromatic heterocycles. The quantitative estimate of drug-likeness (QED) is 0.196. The van der Waals surface area contributed by atoms with Gasteiger partial charge in [-0.1, -0.05) is 13.8 Å². The Labute approximate surface area is 72.8 Å². The number of aliphatic hydroxyl groups is 1. The van der Waals surface area contributed by atoms with Crippen molar-refractivity contribution in [2.45, 2.75) is 32.2 Å². The van der Waals surface area contributed by atoms with E-state index >= 15 is 0 Å². The molecule has 0 radical (unpaired) electrons. The Hall–Kier alpha value is -0.810. The Bertz CT molecular complexity index is 145. The van der Waals surface area contributed by atoms with Crippen molar-refractivity contribution in [2.75, 3.05) is 6.61 Å². The first kappa shape index (κ1) is 11.2. The summed E-state index contributed by atoms with van der Waals surface area (Å²) in [4.78, 5) is 4.09. The fraction of sp³-hybridized carbons (Fsp3) is 0.857. The summed E-state index contributed by atoms with van der Waals surface area (Å²) in [5.74, 6) is 5.22. The first-order chi connectivity index (χ1) is 5.64. The van der Waals surface area contributed by atoms with E-state index in [1.54, 1.807) is 0 Å². The highest BCUT2D eigenvalue weighted by Gasteiger charge is 2.24. The average Bonchev–Trinajstić information content (AvgIpc) is 2.14. The van der Waals surface area contributed by atoms with E-state index in [2.05, 4.69) is 10.4 Å². The molecule has 72 valence electrons. The smallest absolute Gasteiger partial charge is 0.203 e. The average molecular weight is 174 g/mol. The number of nitrogens with two attached hydrogens (primary N) is 2. The predicted molar refractivity (Wildman–Crippen MR) is 49.3 cm³/mol. The van der Waals surface area contributed by atoms with E-state index in [0.29, 0.717) is 0 Å². The van der Waals surface area contributed by atoms with Gasteiger partial charge in [0.25, 0.3) is 0 Å². The molecular formula is C7H18N4O. The molecule has 5 heteroatoms. The van der Waals surface area contributed by atoms with Crippen LogP contribution in [0.3, 0.4) is 0 Å². The topological polar surface area (TPSA) is 96.7 Å². The van der Waals surface area contributed by atoms with E-state index in [1.165, 1.54) is 0 Å². The van der Waals surface area contributed by atoms with Gasteiger partial charge >= 0.3 is 0 Å². The van der Waals surface area contributed by atoms with Gasteiger partial charge in [-0.15, -0.1) is 0 Å². The summed E-state index contributed by atoms with van der Waals surface area (Å²) >= 11 is 0. The van der Waals surface area contributed by atoms with Crippen molar-refractivity contribution in [3.05, 3.63) is 0 Å².